The first-order valence-electron chi connectivity index (χ1n) is 30.9. The minimum Gasteiger partial charge on any atom is -0.310 e. The molecule has 0 radical (unpaired) electrons. The average molecular weight is 1150 g/mol. The molecule has 0 bridgehead atoms. The molecule has 15 aromatic carbocycles. The quantitative estimate of drug-likeness (QED) is 0.113. The molecule has 0 aliphatic heterocycles. The Morgan fingerprint density at radius 3 is 0.778 bits per heavy atom. The van der Waals surface area contributed by atoms with Crippen molar-refractivity contribution in [2.45, 2.75) is 0 Å². The third-order valence-corrected chi connectivity index (χ3v) is 18.1. The number of rotatable bonds is 12. The predicted octanol–water partition coefficient (Wildman–Crippen LogP) is 23.8. The number of para-hydroxylation sites is 4. The Balaban J connectivity index is 0.729. The van der Waals surface area contributed by atoms with Gasteiger partial charge in [0.2, 0.25) is 0 Å². The van der Waals surface area contributed by atoms with Crippen LogP contribution in [0.3, 0.4) is 0 Å². The van der Waals surface area contributed by atoms with Gasteiger partial charge in [-0.3, -0.25) is 0 Å². The fraction of sp³-hybridized carbons (Fsp3) is 0. The zero-order chi connectivity index (χ0) is 59.5. The van der Waals surface area contributed by atoms with Crippen molar-refractivity contribution in [3.63, 3.8) is 0 Å². The van der Waals surface area contributed by atoms with Crippen LogP contribution in [0.5, 0.6) is 0 Å². The number of fused-ring (bicyclic) bond motifs is 8. The van der Waals surface area contributed by atoms with E-state index >= 15 is 0 Å². The van der Waals surface area contributed by atoms with Crippen LogP contribution in [0.25, 0.3) is 121 Å². The predicted molar refractivity (Wildman–Crippen MR) is 381 cm³/mol. The topological polar surface area (TPSA) is 16.3 Å². The van der Waals surface area contributed by atoms with E-state index in [4.69, 9.17) is 0 Å². The molecule has 0 aliphatic rings. The average Bonchev–Trinajstić information content (AvgIpc) is 1.33. The highest BCUT2D eigenvalue weighted by Crippen LogP contribution is 2.47. The van der Waals surface area contributed by atoms with E-state index in [1.165, 1.54) is 98.5 Å². The molecule has 0 amide bonds. The Bertz CT molecular complexity index is 5080. The van der Waals surface area contributed by atoms with Gasteiger partial charge in [-0.2, -0.15) is 0 Å². The van der Waals surface area contributed by atoms with E-state index < -0.39 is 0 Å². The van der Waals surface area contributed by atoms with Gasteiger partial charge >= 0.3 is 0 Å². The van der Waals surface area contributed by atoms with Gasteiger partial charge in [-0.15, -0.1) is 0 Å². The van der Waals surface area contributed by atoms with Gasteiger partial charge in [0.25, 0.3) is 0 Å². The van der Waals surface area contributed by atoms with Gasteiger partial charge in [0.1, 0.15) is 0 Å². The molecule has 17 aromatic rings. The second-order valence-electron chi connectivity index (χ2n) is 23.2. The van der Waals surface area contributed by atoms with Crippen molar-refractivity contribution >= 4 is 99.3 Å². The van der Waals surface area contributed by atoms with Gasteiger partial charge < -0.3 is 18.9 Å². The van der Waals surface area contributed by atoms with Crippen LogP contribution < -0.4 is 9.80 Å². The molecule has 0 fully saturated rings. The van der Waals surface area contributed by atoms with E-state index in [1.54, 1.807) is 0 Å². The first-order valence-corrected chi connectivity index (χ1v) is 30.9. The number of benzene rings is 15. The summed E-state index contributed by atoms with van der Waals surface area (Å²) in [7, 11) is 0. The van der Waals surface area contributed by atoms with Gasteiger partial charge in [-0.1, -0.05) is 231 Å². The van der Waals surface area contributed by atoms with Crippen molar-refractivity contribution in [1.82, 2.24) is 9.13 Å². The highest BCUT2D eigenvalue weighted by molar-refractivity contribution is 6.22. The normalized spacial score (nSPS) is 11.6. The molecule has 90 heavy (non-hydrogen) atoms. The lowest BCUT2D eigenvalue weighted by Crippen LogP contribution is -2.09. The van der Waals surface area contributed by atoms with Gasteiger partial charge in [-0.05, 0) is 187 Å². The van der Waals surface area contributed by atoms with Gasteiger partial charge in [0.05, 0.1) is 22.1 Å². The first-order chi connectivity index (χ1) is 44.7. The summed E-state index contributed by atoms with van der Waals surface area (Å²) in [6.45, 7) is 0. The zero-order valence-electron chi connectivity index (χ0n) is 49.3. The maximum absolute atomic E-state index is 2.40. The highest BCUT2D eigenvalue weighted by Gasteiger charge is 2.22. The van der Waals surface area contributed by atoms with E-state index in [-0.39, 0.29) is 0 Å². The largest absolute Gasteiger partial charge is 0.310 e. The molecule has 4 heteroatoms. The van der Waals surface area contributed by atoms with Crippen molar-refractivity contribution in [2.75, 3.05) is 9.80 Å². The van der Waals surface area contributed by atoms with E-state index in [9.17, 15) is 0 Å². The number of hydrogen-bond acceptors (Lipinski definition) is 2. The van der Waals surface area contributed by atoms with Gasteiger partial charge in [0, 0.05) is 67.0 Å². The summed E-state index contributed by atoms with van der Waals surface area (Å²) in [4.78, 5) is 4.77. The third kappa shape index (κ3) is 9.00. The molecule has 2 aromatic heterocycles. The molecule has 0 atom stereocenters. The molecule has 0 saturated heterocycles. The van der Waals surface area contributed by atoms with E-state index in [1.807, 2.05) is 0 Å². The fourth-order valence-electron chi connectivity index (χ4n) is 14.0. The molecule has 17 rings (SSSR count). The van der Waals surface area contributed by atoms with Crippen molar-refractivity contribution in [2.24, 2.45) is 0 Å². The molecule has 0 unspecified atom stereocenters. The van der Waals surface area contributed by atoms with E-state index in [0.717, 1.165) is 56.6 Å². The summed E-state index contributed by atoms with van der Waals surface area (Å²) in [5.74, 6) is 0. The van der Waals surface area contributed by atoms with Crippen molar-refractivity contribution in [3.05, 3.63) is 352 Å². The lowest BCUT2D eigenvalue weighted by atomic mass is 9.86. The minimum absolute atomic E-state index is 1.08. The van der Waals surface area contributed by atoms with Crippen molar-refractivity contribution in [3.8, 4) is 55.9 Å². The SMILES string of the molecule is c1ccc(-c2ccc(-n3c4ccccc4c4cc(N(c5ccccc5)c5ccc(-c6c7ccccc7c(-c7ccc(N(c8ccccc8)c8ccc9c(c8)c8ccccc8n9-c8ccc(-c9ccccc9)cc8)cc7)c7ccccc67)cc5)ccc43)cc2)cc1. The molecule has 0 aliphatic carbocycles. The molecular formula is C86H58N4. The fourth-order valence-corrected chi connectivity index (χ4v) is 14.0. The third-order valence-electron chi connectivity index (χ3n) is 18.1. The van der Waals surface area contributed by atoms with Crippen LogP contribution >= 0.6 is 0 Å². The Kier molecular flexibility index (Phi) is 12.8. The molecular weight excluding hydrogens is 1090 g/mol. The van der Waals surface area contributed by atoms with Crippen molar-refractivity contribution < 1.29 is 0 Å². The second kappa shape index (κ2) is 22.1. The summed E-state index contributed by atoms with van der Waals surface area (Å²) in [5, 5.41) is 9.69. The molecule has 422 valence electrons. The summed E-state index contributed by atoms with van der Waals surface area (Å²) in [5.41, 5.74) is 23.1. The Hall–Kier alpha value is -12.0. The standard InChI is InChI=1S/C86H58N4/c1-5-21-59(22-6-1)61-37-45-69(46-38-61)89-81-35-19-17-29-73(81)79-57-71(53-55-83(79)89)87(65-25-9-3-10-26-65)67-49-41-63(42-50-67)85-75-31-13-15-33-77(75)86(78-34-16-14-32-76(78)85)64-43-51-68(52-44-64)88(66-27-11-4-12-28-66)72-54-56-84-80(58-72)74-30-18-20-36-82(74)90(84)70-47-39-62(40-48-70)60-23-7-2-8-24-60/h1-58H. The van der Waals surface area contributed by atoms with Crippen LogP contribution in [-0.4, -0.2) is 9.13 Å². The van der Waals surface area contributed by atoms with Crippen LogP contribution in [0.4, 0.5) is 34.1 Å². The molecule has 4 nitrogen and oxygen atoms in total. The number of anilines is 6. The summed E-state index contributed by atoms with van der Waals surface area (Å²) < 4.78 is 4.80. The van der Waals surface area contributed by atoms with Crippen molar-refractivity contribution in [1.29, 1.82) is 0 Å². The van der Waals surface area contributed by atoms with E-state index in [0.29, 0.717) is 0 Å². The summed E-state index contributed by atoms with van der Waals surface area (Å²) in [6.07, 6.45) is 0. The van der Waals surface area contributed by atoms with E-state index in [2.05, 4.69) is 371 Å². The minimum atomic E-state index is 1.08. The Morgan fingerprint density at radius 1 is 0.167 bits per heavy atom. The summed E-state index contributed by atoms with van der Waals surface area (Å²) in [6, 6.07) is 128. The maximum atomic E-state index is 2.40. The molecule has 0 N–H and O–H groups in total. The number of hydrogen-bond donors (Lipinski definition) is 0. The zero-order valence-corrected chi connectivity index (χ0v) is 49.3. The van der Waals surface area contributed by atoms with Crippen LogP contribution in [0.15, 0.2) is 352 Å². The smallest absolute Gasteiger partial charge is 0.0542 e. The summed E-state index contributed by atoms with van der Waals surface area (Å²) >= 11 is 0. The number of aromatic nitrogens is 2. The number of nitrogens with zero attached hydrogens (tertiary/aromatic N) is 4. The monoisotopic (exact) mass is 1150 g/mol. The lowest BCUT2D eigenvalue weighted by molar-refractivity contribution is 1.18. The molecule has 0 spiro atoms. The Morgan fingerprint density at radius 2 is 0.422 bits per heavy atom. The van der Waals surface area contributed by atoms with Crippen LogP contribution in [0, 0.1) is 0 Å². The van der Waals surface area contributed by atoms with Gasteiger partial charge in [-0.25, -0.2) is 0 Å². The van der Waals surface area contributed by atoms with Crippen LogP contribution in [0.2, 0.25) is 0 Å². The molecule has 0 saturated carbocycles. The molecule has 2 heterocycles. The lowest BCUT2D eigenvalue weighted by Gasteiger charge is -2.26. The first kappa shape index (κ1) is 52.4. The highest BCUT2D eigenvalue weighted by atomic mass is 15.1. The maximum Gasteiger partial charge on any atom is 0.0542 e. The van der Waals surface area contributed by atoms with Gasteiger partial charge in [0.15, 0.2) is 0 Å². The van der Waals surface area contributed by atoms with Crippen LogP contribution in [0.1, 0.15) is 0 Å². The second-order valence-corrected chi connectivity index (χ2v) is 23.2. The van der Waals surface area contributed by atoms with Crippen LogP contribution in [-0.2, 0) is 0 Å². The Labute approximate surface area is 522 Å².